The fraction of sp³-hybridized carbons (Fsp3) is 0.385. The summed E-state index contributed by atoms with van der Waals surface area (Å²) >= 11 is 0. The van der Waals surface area contributed by atoms with E-state index < -0.39 is 5.97 Å². The molecule has 1 heterocycles. The van der Waals surface area contributed by atoms with Crippen LogP contribution in [0.15, 0.2) is 18.2 Å². The lowest BCUT2D eigenvalue weighted by molar-refractivity contribution is -0.139. The molecule has 0 bridgehead atoms. The quantitative estimate of drug-likeness (QED) is 0.889. The highest BCUT2D eigenvalue weighted by Crippen LogP contribution is 2.22. The molecule has 5 heteroatoms. The van der Waals surface area contributed by atoms with Gasteiger partial charge in [-0.05, 0) is 30.7 Å². The molecule has 0 saturated carbocycles. The Balaban J connectivity index is 1.97. The number of aryl methyl sites for hydroxylation is 1. The number of carbonyl (C=O) groups is 2. The molecule has 1 N–H and O–H groups in total. The molecule has 1 aromatic rings. The maximum Gasteiger partial charge on any atom is 0.303 e. The van der Waals surface area contributed by atoms with Crippen molar-refractivity contribution in [1.82, 2.24) is 4.90 Å². The highest BCUT2D eigenvalue weighted by molar-refractivity contribution is 5.95. The number of carboxylic acids is 1. The molecule has 1 saturated heterocycles. The molecule has 0 aromatic heterocycles. The highest BCUT2D eigenvalue weighted by Gasteiger charge is 2.32. The van der Waals surface area contributed by atoms with E-state index in [0.29, 0.717) is 24.2 Å². The average molecular weight is 251 g/mol. The van der Waals surface area contributed by atoms with Crippen LogP contribution in [0.1, 0.15) is 22.3 Å². The van der Waals surface area contributed by atoms with Crippen molar-refractivity contribution in [3.8, 4) is 0 Å². The third-order valence-corrected chi connectivity index (χ3v) is 3.11. The van der Waals surface area contributed by atoms with E-state index >= 15 is 0 Å². The predicted molar refractivity (Wildman–Crippen MR) is 62.8 cm³/mol. The van der Waals surface area contributed by atoms with E-state index in [1.165, 1.54) is 18.2 Å². The van der Waals surface area contributed by atoms with Gasteiger partial charge in [0.1, 0.15) is 5.82 Å². The molecule has 0 unspecified atom stereocenters. The van der Waals surface area contributed by atoms with Crippen LogP contribution in [-0.2, 0) is 4.79 Å². The van der Waals surface area contributed by atoms with Gasteiger partial charge in [-0.2, -0.15) is 0 Å². The second-order valence-corrected chi connectivity index (χ2v) is 4.64. The van der Waals surface area contributed by atoms with Gasteiger partial charge in [0.15, 0.2) is 0 Å². The molecule has 0 atom stereocenters. The number of carbonyl (C=O) groups excluding carboxylic acids is 1. The Bertz CT molecular complexity index is 495. The summed E-state index contributed by atoms with van der Waals surface area (Å²) in [7, 11) is 0. The minimum absolute atomic E-state index is 0.0352. The van der Waals surface area contributed by atoms with E-state index in [1.54, 1.807) is 11.8 Å². The SMILES string of the molecule is Cc1cc(C(=O)N2CC(CC(=O)O)C2)ccc1F. The molecule has 0 radical (unpaired) electrons. The Morgan fingerprint density at radius 3 is 2.67 bits per heavy atom. The maximum absolute atomic E-state index is 13.1. The lowest BCUT2D eigenvalue weighted by Crippen LogP contribution is -2.50. The van der Waals surface area contributed by atoms with Crippen LogP contribution in [0.25, 0.3) is 0 Å². The van der Waals surface area contributed by atoms with Crippen molar-refractivity contribution in [3.63, 3.8) is 0 Å². The van der Waals surface area contributed by atoms with Gasteiger partial charge in [0.25, 0.3) is 5.91 Å². The third-order valence-electron chi connectivity index (χ3n) is 3.11. The Labute approximate surface area is 104 Å². The summed E-state index contributed by atoms with van der Waals surface area (Å²) in [5.74, 6) is -1.31. The fourth-order valence-corrected chi connectivity index (χ4v) is 2.07. The lowest BCUT2D eigenvalue weighted by Gasteiger charge is -2.38. The van der Waals surface area contributed by atoms with E-state index in [2.05, 4.69) is 0 Å². The molecule has 1 aliphatic rings. The zero-order valence-corrected chi connectivity index (χ0v) is 10.0. The van der Waals surface area contributed by atoms with E-state index in [-0.39, 0.29) is 24.1 Å². The summed E-state index contributed by atoms with van der Waals surface area (Å²) in [6.45, 7) is 2.53. The van der Waals surface area contributed by atoms with Crippen molar-refractivity contribution in [1.29, 1.82) is 0 Å². The second-order valence-electron chi connectivity index (χ2n) is 4.64. The first-order valence-electron chi connectivity index (χ1n) is 5.74. The zero-order valence-electron chi connectivity index (χ0n) is 10.0. The molecule has 1 aliphatic heterocycles. The van der Waals surface area contributed by atoms with Crippen LogP contribution >= 0.6 is 0 Å². The Hall–Kier alpha value is -1.91. The molecule has 1 fully saturated rings. The standard InChI is InChI=1S/C13H14FNO3/c1-8-4-10(2-3-11(8)14)13(18)15-6-9(7-15)5-12(16)17/h2-4,9H,5-7H2,1H3,(H,16,17). The summed E-state index contributed by atoms with van der Waals surface area (Å²) in [6, 6.07) is 4.24. The number of halogens is 1. The van der Waals surface area contributed by atoms with Gasteiger partial charge >= 0.3 is 5.97 Å². The van der Waals surface area contributed by atoms with Gasteiger partial charge in [-0.25, -0.2) is 4.39 Å². The van der Waals surface area contributed by atoms with Crippen LogP contribution < -0.4 is 0 Å². The number of rotatable bonds is 3. The normalized spacial score (nSPS) is 15.3. The summed E-state index contributed by atoms with van der Waals surface area (Å²) in [6.07, 6.45) is 0.0895. The van der Waals surface area contributed by atoms with Crippen molar-refractivity contribution in [3.05, 3.63) is 35.1 Å². The monoisotopic (exact) mass is 251 g/mol. The molecule has 1 amide bonds. The molecule has 2 rings (SSSR count). The van der Waals surface area contributed by atoms with Crippen LogP contribution in [0.2, 0.25) is 0 Å². The largest absolute Gasteiger partial charge is 0.481 e. The zero-order chi connectivity index (χ0) is 13.3. The maximum atomic E-state index is 13.1. The van der Waals surface area contributed by atoms with E-state index in [1.807, 2.05) is 0 Å². The first kappa shape index (κ1) is 12.5. The summed E-state index contributed by atoms with van der Waals surface area (Å²) in [5.41, 5.74) is 0.881. The van der Waals surface area contributed by atoms with Crippen LogP contribution in [0, 0.1) is 18.7 Å². The first-order valence-corrected chi connectivity index (χ1v) is 5.74. The fourth-order valence-electron chi connectivity index (χ4n) is 2.07. The van der Waals surface area contributed by atoms with Gasteiger partial charge in [-0.15, -0.1) is 0 Å². The number of nitrogens with zero attached hydrogens (tertiary/aromatic N) is 1. The second kappa shape index (κ2) is 4.76. The van der Waals surface area contributed by atoms with E-state index in [4.69, 9.17) is 5.11 Å². The van der Waals surface area contributed by atoms with Gasteiger partial charge in [0, 0.05) is 24.6 Å². The van der Waals surface area contributed by atoms with Gasteiger partial charge < -0.3 is 10.0 Å². The summed E-state index contributed by atoms with van der Waals surface area (Å²) in [5, 5.41) is 8.61. The number of hydrogen-bond donors (Lipinski definition) is 1. The molecule has 96 valence electrons. The molecular formula is C13H14FNO3. The summed E-state index contributed by atoms with van der Waals surface area (Å²) < 4.78 is 13.1. The third kappa shape index (κ3) is 2.50. The highest BCUT2D eigenvalue weighted by atomic mass is 19.1. The topological polar surface area (TPSA) is 57.6 Å². The van der Waals surface area contributed by atoms with E-state index in [0.717, 1.165) is 0 Å². The van der Waals surface area contributed by atoms with Crippen LogP contribution in [-0.4, -0.2) is 35.0 Å². The van der Waals surface area contributed by atoms with Gasteiger partial charge in [0.2, 0.25) is 0 Å². The molecular weight excluding hydrogens is 237 g/mol. The Kier molecular flexibility index (Phi) is 3.32. The number of hydrogen-bond acceptors (Lipinski definition) is 2. The predicted octanol–water partition coefficient (Wildman–Crippen LogP) is 1.68. The van der Waals surface area contributed by atoms with Crippen LogP contribution in [0.5, 0.6) is 0 Å². The Morgan fingerprint density at radius 1 is 1.44 bits per heavy atom. The minimum atomic E-state index is -0.843. The number of aliphatic carboxylic acids is 1. The Morgan fingerprint density at radius 2 is 2.11 bits per heavy atom. The molecule has 4 nitrogen and oxygen atoms in total. The van der Waals surface area contributed by atoms with Gasteiger partial charge in [0.05, 0.1) is 6.42 Å². The smallest absolute Gasteiger partial charge is 0.303 e. The average Bonchev–Trinajstić information content (AvgIpc) is 2.25. The number of carboxylic acid groups (broad SMARTS) is 1. The van der Waals surface area contributed by atoms with E-state index in [9.17, 15) is 14.0 Å². The molecule has 0 aliphatic carbocycles. The van der Waals surface area contributed by atoms with Crippen molar-refractivity contribution in [2.24, 2.45) is 5.92 Å². The number of likely N-dealkylation sites (tertiary alicyclic amines) is 1. The van der Waals surface area contributed by atoms with Crippen molar-refractivity contribution >= 4 is 11.9 Å². The lowest BCUT2D eigenvalue weighted by atomic mass is 9.95. The minimum Gasteiger partial charge on any atom is -0.481 e. The number of benzene rings is 1. The van der Waals surface area contributed by atoms with Crippen molar-refractivity contribution < 1.29 is 19.1 Å². The van der Waals surface area contributed by atoms with Crippen LogP contribution in [0.4, 0.5) is 4.39 Å². The summed E-state index contributed by atoms with van der Waals surface area (Å²) in [4.78, 5) is 24.0. The van der Waals surface area contributed by atoms with Gasteiger partial charge in [-0.3, -0.25) is 9.59 Å². The van der Waals surface area contributed by atoms with Gasteiger partial charge in [-0.1, -0.05) is 0 Å². The van der Waals surface area contributed by atoms with Crippen molar-refractivity contribution in [2.45, 2.75) is 13.3 Å². The first-order chi connectivity index (χ1) is 8.47. The molecule has 1 aromatic carbocycles. The molecule has 0 spiro atoms. The number of amides is 1. The van der Waals surface area contributed by atoms with Crippen LogP contribution in [0.3, 0.4) is 0 Å². The van der Waals surface area contributed by atoms with Crippen molar-refractivity contribution in [2.75, 3.05) is 13.1 Å². The molecule has 18 heavy (non-hydrogen) atoms.